The molecule has 4 heterocycles. The number of hydrogen-bond acceptors (Lipinski definition) is 7. The maximum atomic E-state index is 13.2. The minimum Gasteiger partial charge on any atom is -0.435 e. The number of anilines is 1. The number of rotatable bonds is 5. The van der Waals surface area contributed by atoms with Crippen LogP contribution in [-0.4, -0.2) is 59.1 Å². The van der Waals surface area contributed by atoms with Crippen LogP contribution >= 0.6 is 0 Å². The highest BCUT2D eigenvalue weighted by molar-refractivity contribution is 5.97. The fourth-order valence-corrected chi connectivity index (χ4v) is 4.42. The molecule has 2 aliphatic heterocycles. The van der Waals surface area contributed by atoms with Crippen molar-refractivity contribution in [2.24, 2.45) is 7.05 Å². The Morgan fingerprint density at radius 1 is 1.18 bits per heavy atom. The van der Waals surface area contributed by atoms with Crippen molar-refractivity contribution in [3.8, 4) is 17.0 Å². The molecule has 3 aromatic rings. The summed E-state index contributed by atoms with van der Waals surface area (Å²) in [5.41, 5.74) is 1.93. The average Bonchev–Trinajstić information content (AvgIpc) is 3.20. The summed E-state index contributed by atoms with van der Waals surface area (Å²) in [4.78, 5) is 15.1. The molecule has 9 nitrogen and oxygen atoms in total. The van der Waals surface area contributed by atoms with Gasteiger partial charge < -0.3 is 19.1 Å². The van der Waals surface area contributed by atoms with Gasteiger partial charge in [-0.1, -0.05) is 0 Å². The van der Waals surface area contributed by atoms with E-state index in [1.807, 2.05) is 4.90 Å². The van der Waals surface area contributed by atoms with Crippen molar-refractivity contribution < 1.29 is 23.0 Å². The number of benzene rings is 1. The lowest BCUT2D eigenvalue weighted by molar-refractivity contribution is -0.0498. The van der Waals surface area contributed by atoms with E-state index in [1.165, 1.54) is 16.8 Å². The highest BCUT2D eigenvalue weighted by Crippen LogP contribution is 2.37. The summed E-state index contributed by atoms with van der Waals surface area (Å²) < 4.78 is 44.9. The van der Waals surface area contributed by atoms with Crippen LogP contribution in [0.1, 0.15) is 25.5 Å². The Morgan fingerprint density at radius 2 is 2.00 bits per heavy atom. The van der Waals surface area contributed by atoms with Crippen molar-refractivity contribution in [3.63, 3.8) is 0 Å². The number of alkyl halides is 2. The third-order valence-corrected chi connectivity index (χ3v) is 6.03. The summed E-state index contributed by atoms with van der Waals surface area (Å²) in [6.45, 7) is -0.213. The molecule has 33 heavy (non-hydrogen) atoms. The van der Waals surface area contributed by atoms with Crippen molar-refractivity contribution in [1.29, 1.82) is 0 Å². The van der Waals surface area contributed by atoms with Gasteiger partial charge in [0.25, 0.3) is 5.56 Å². The fourth-order valence-electron chi connectivity index (χ4n) is 4.42. The molecule has 0 saturated carbocycles. The van der Waals surface area contributed by atoms with Crippen LogP contribution in [0.25, 0.3) is 22.2 Å². The lowest BCUT2D eigenvalue weighted by atomic mass is 10.1. The summed E-state index contributed by atoms with van der Waals surface area (Å²) in [5.74, 6) is 0.0209. The first-order valence-electron chi connectivity index (χ1n) is 11.0. The van der Waals surface area contributed by atoms with Crippen LogP contribution in [0.15, 0.2) is 29.2 Å². The minimum absolute atomic E-state index is 0.0209. The summed E-state index contributed by atoms with van der Waals surface area (Å²) in [6.07, 6.45) is 4.09. The van der Waals surface area contributed by atoms with Crippen molar-refractivity contribution in [1.82, 2.24) is 19.6 Å². The van der Waals surface area contributed by atoms with Gasteiger partial charge in [-0.2, -0.15) is 19.0 Å². The molecule has 0 spiro atoms. The topological polar surface area (TPSA) is 83.6 Å². The van der Waals surface area contributed by atoms with Crippen LogP contribution in [0.3, 0.4) is 0 Å². The molecule has 11 heteroatoms. The molecule has 176 valence electrons. The third-order valence-electron chi connectivity index (χ3n) is 6.03. The van der Waals surface area contributed by atoms with Gasteiger partial charge in [0.05, 0.1) is 30.5 Å². The van der Waals surface area contributed by atoms with Crippen LogP contribution in [0, 0.1) is 0 Å². The van der Waals surface area contributed by atoms with Gasteiger partial charge in [0.2, 0.25) is 0 Å². The molecular formula is C22H25F2N5O4. The first kappa shape index (κ1) is 21.8. The van der Waals surface area contributed by atoms with Gasteiger partial charge in [-0.15, -0.1) is 0 Å². The van der Waals surface area contributed by atoms with E-state index in [2.05, 4.69) is 9.84 Å². The zero-order valence-corrected chi connectivity index (χ0v) is 18.2. The van der Waals surface area contributed by atoms with Gasteiger partial charge in [0.1, 0.15) is 17.1 Å². The molecule has 1 aromatic carbocycles. The number of morpholine rings is 1. The SMILES string of the molecule is Cn1ncc(-c2nn(C3CCCCO3)c3ccc(OC(F)F)cc23)c(N2CCOCC2)c1=O. The summed E-state index contributed by atoms with van der Waals surface area (Å²) in [5, 5.41) is 9.65. The second-order valence-electron chi connectivity index (χ2n) is 8.11. The van der Waals surface area contributed by atoms with Gasteiger partial charge in [-0.3, -0.25) is 4.79 Å². The van der Waals surface area contributed by atoms with Crippen LogP contribution in [0.5, 0.6) is 5.75 Å². The minimum atomic E-state index is -2.95. The first-order chi connectivity index (χ1) is 16.0. The van der Waals surface area contributed by atoms with Crippen molar-refractivity contribution in [3.05, 3.63) is 34.7 Å². The molecule has 5 rings (SSSR count). The normalized spacial score (nSPS) is 19.4. The van der Waals surface area contributed by atoms with Crippen molar-refractivity contribution in [2.45, 2.75) is 32.1 Å². The van der Waals surface area contributed by atoms with Crippen molar-refractivity contribution in [2.75, 3.05) is 37.8 Å². The van der Waals surface area contributed by atoms with E-state index in [1.54, 1.807) is 24.0 Å². The molecule has 1 unspecified atom stereocenters. The van der Waals surface area contributed by atoms with Crippen LogP contribution < -0.4 is 15.2 Å². The van der Waals surface area contributed by atoms with Crippen LogP contribution in [0.4, 0.5) is 14.5 Å². The number of fused-ring (bicyclic) bond motifs is 1. The smallest absolute Gasteiger partial charge is 0.387 e. The highest BCUT2D eigenvalue weighted by atomic mass is 19.3. The van der Waals surface area contributed by atoms with E-state index in [0.29, 0.717) is 60.8 Å². The standard InChI is InChI=1S/C22H25F2N5O4/c1-27-21(30)20(28-7-10-31-11-8-28)16(13-25-27)19-15-12-14(33-22(23)24)5-6-17(15)29(26-19)18-4-2-3-9-32-18/h5-6,12-13,18,22H,2-4,7-11H2,1H3. The van der Waals surface area contributed by atoms with Crippen molar-refractivity contribution >= 4 is 16.6 Å². The second kappa shape index (κ2) is 9.06. The Labute approximate surface area is 188 Å². The highest BCUT2D eigenvalue weighted by Gasteiger charge is 2.27. The van der Waals surface area contributed by atoms with Gasteiger partial charge in [0, 0.05) is 32.1 Å². The molecule has 2 aromatic heterocycles. The molecule has 0 bridgehead atoms. The maximum Gasteiger partial charge on any atom is 0.387 e. The zero-order chi connectivity index (χ0) is 22.9. The van der Waals surface area contributed by atoms with E-state index in [0.717, 1.165) is 19.3 Å². The Bertz CT molecular complexity index is 1200. The fraction of sp³-hybridized carbons (Fsp3) is 0.500. The molecule has 0 N–H and O–H groups in total. The Morgan fingerprint density at radius 3 is 2.73 bits per heavy atom. The van der Waals surface area contributed by atoms with E-state index in [9.17, 15) is 13.6 Å². The van der Waals surface area contributed by atoms with Gasteiger partial charge in [-0.05, 0) is 37.5 Å². The Hall–Kier alpha value is -3.05. The molecule has 0 aliphatic carbocycles. The first-order valence-corrected chi connectivity index (χ1v) is 11.0. The summed E-state index contributed by atoms with van der Waals surface area (Å²) >= 11 is 0. The summed E-state index contributed by atoms with van der Waals surface area (Å²) in [7, 11) is 1.59. The van der Waals surface area contributed by atoms with E-state index in [-0.39, 0.29) is 17.5 Å². The lowest BCUT2D eigenvalue weighted by Crippen LogP contribution is -2.41. The second-order valence-corrected chi connectivity index (χ2v) is 8.11. The molecule has 0 radical (unpaired) electrons. The quantitative estimate of drug-likeness (QED) is 0.578. The molecule has 2 fully saturated rings. The predicted molar refractivity (Wildman–Crippen MR) is 117 cm³/mol. The molecule has 1 atom stereocenters. The molecule has 0 amide bonds. The number of nitrogens with zero attached hydrogens (tertiary/aromatic N) is 5. The maximum absolute atomic E-state index is 13.2. The lowest BCUT2D eigenvalue weighted by Gasteiger charge is -2.29. The van der Waals surface area contributed by atoms with E-state index < -0.39 is 6.61 Å². The van der Waals surface area contributed by atoms with Gasteiger partial charge >= 0.3 is 6.61 Å². The largest absolute Gasteiger partial charge is 0.435 e. The summed E-state index contributed by atoms with van der Waals surface area (Å²) in [6, 6.07) is 4.72. The number of aryl methyl sites for hydroxylation is 1. The Balaban J connectivity index is 1.71. The van der Waals surface area contributed by atoms with E-state index in [4.69, 9.17) is 14.6 Å². The van der Waals surface area contributed by atoms with Crippen LogP contribution in [0.2, 0.25) is 0 Å². The molecular weight excluding hydrogens is 436 g/mol. The monoisotopic (exact) mass is 461 g/mol. The van der Waals surface area contributed by atoms with Gasteiger partial charge in [0.15, 0.2) is 6.23 Å². The van der Waals surface area contributed by atoms with Gasteiger partial charge in [-0.25, -0.2) is 9.36 Å². The van der Waals surface area contributed by atoms with E-state index >= 15 is 0 Å². The molecule has 2 aliphatic rings. The van der Waals surface area contributed by atoms with Crippen LogP contribution in [-0.2, 0) is 16.5 Å². The zero-order valence-electron chi connectivity index (χ0n) is 18.2. The third kappa shape index (κ3) is 4.18. The molecule has 2 saturated heterocycles. The number of hydrogen-bond donors (Lipinski definition) is 0. The predicted octanol–water partition coefficient (Wildman–Crippen LogP) is 2.93. The Kier molecular flexibility index (Phi) is 5.98. The number of aromatic nitrogens is 4. The number of halogens is 2. The average molecular weight is 461 g/mol. The number of ether oxygens (including phenoxy) is 3.